The number of halogens is 1. The third-order valence-corrected chi connectivity index (χ3v) is 2.93. The number of hydrogen-bond acceptors (Lipinski definition) is 6. The molecule has 0 fully saturated rings. The van der Waals surface area contributed by atoms with E-state index in [0.717, 1.165) is 12.2 Å². The van der Waals surface area contributed by atoms with E-state index in [2.05, 4.69) is 15.9 Å². The van der Waals surface area contributed by atoms with Gasteiger partial charge in [0.15, 0.2) is 5.66 Å². The van der Waals surface area contributed by atoms with E-state index in [1.165, 1.54) is 0 Å². The summed E-state index contributed by atoms with van der Waals surface area (Å²) in [5, 5.41) is 21.0. The number of nitrogens with zero attached hydrogens (tertiary/aromatic N) is 2. The van der Waals surface area contributed by atoms with Gasteiger partial charge < -0.3 is 11.5 Å². The van der Waals surface area contributed by atoms with Crippen LogP contribution in [0.5, 0.6) is 0 Å². The average Bonchev–Trinajstić information content (AvgIpc) is 2.08. The van der Waals surface area contributed by atoms with Gasteiger partial charge in [-0.1, -0.05) is 15.9 Å². The molecule has 1 atom stereocenters. The molecule has 15 heavy (non-hydrogen) atoms. The smallest absolute Gasteiger partial charge is 0.288 e. The minimum atomic E-state index is -1.76. The molecule has 0 heterocycles. The van der Waals surface area contributed by atoms with Crippen LogP contribution in [0.25, 0.3) is 0 Å². The number of rotatable bonds is 2. The van der Waals surface area contributed by atoms with Crippen molar-refractivity contribution in [2.45, 2.75) is 10.5 Å². The Labute approximate surface area is 92.0 Å². The second-order valence-electron chi connectivity index (χ2n) is 2.97. The van der Waals surface area contributed by atoms with Gasteiger partial charge in [-0.25, -0.2) is 0 Å². The van der Waals surface area contributed by atoms with Crippen LogP contribution in [-0.4, -0.2) is 20.3 Å². The molecule has 1 aliphatic carbocycles. The quantitative estimate of drug-likeness (QED) is 0.308. The van der Waals surface area contributed by atoms with E-state index in [1.54, 1.807) is 0 Å². The van der Waals surface area contributed by atoms with Gasteiger partial charge >= 0.3 is 0 Å². The first-order valence-electron chi connectivity index (χ1n) is 3.71. The Morgan fingerprint density at radius 2 is 1.87 bits per heavy atom. The van der Waals surface area contributed by atoms with Crippen molar-refractivity contribution in [1.82, 2.24) is 0 Å². The molecule has 0 aliphatic heterocycles. The fourth-order valence-electron chi connectivity index (χ4n) is 1.07. The summed E-state index contributed by atoms with van der Waals surface area (Å²) in [4.78, 5) is 18.6. The largest absolute Gasteiger partial charge is 0.303 e. The number of hydrogen-bond donors (Lipinski definition) is 2. The van der Waals surface area contributed by atoms with Gasteiger partial charge in [0.2, 0.25) is 0 Å². The summed E-state index contributed by atoms with van der Waals surface area (Å²) < 4.78 is 0. The standard InChI is InChI=1S/C6H7BrN4O4/c7-4-1-3(10(12)13)2-5(11(14)15)6(4,8)9/h1-2,4H,8-9H2. The lowest BCUT2D eigenvalue weighted by molar-refractivity contribution is -0.443. The van der Waals surface area contributed by atoms with Gasteiger partial charge in [-0.05, 0) is 0 Å². The molecular formula is C6H7BrN4O4. The van der Waals surface area contributed by atoms with E-state index in [-0.39, 0.29) is 0 Å². The lowest BCUT2D eigenvalue weighted by Crippen LogP contribution is -2.60. The molecule has 1 unspecified atom stereocenters. The topological polar surface area (TPSA) is 138 Å². The third-order valence-electron chi connectivity index (χ3n) is 1.91. The molecule has 0 spiro atoms. The van der Waals surface area contributed by atoms with Crippen LogP contribution in [0.15, 0.2) is 23.5 Å². The lowest BCUT2D eigenvalue weighted by Gasteiger charge is -2.26. The monoisotopic (exact) mass is 278 g/mol. The highest BCUT2D eigenvalue weighted by molar-refractivity contribution is 9.09. The van der Waals surface area contributed by atoms with Gasteiger partial charge in [0, 0.05) is 6.08 Å². The van der Waals surface area contributed by atoms with Crippen LogP contribution in [0.1, 0.15) is 0 Å². The van der Waals surface area contributed by atoms with E-state index in [4.69, 9.17) is 11.5 Å². The van der Waals surface area contributed by atoms with Crippen LogP contribution < -0.4 is 11.5 Å². The molecule has 9 heteroatoms. The Morgan fingerprint density at radius 1 is 1.33 bits per heavy atom. The molecule has 0 saturated carbocycles. The summed E-state index contributed by atoms with van der Waals surface area (Å²) in [5.41, 5.74) is 8.20. The van der Waals surface area contributed by atoms with Crippen LogP contribution in [-0.2, 0) is 0 Å². The van der Waals surface area contributed by atoms with E-state index in [9.17, 15) is 20.2 Å². The molecule has 1 aliphatic rings. The van der Waals surface area contributed by atoms with Crippen molar-refractivity contribution in [2.75, 3.05) is 0 Å². The van der Waals surface area contributed by atoms with Crippen molar-refractivity contribution in [3.8, 4) is 0 Å². The predicted octanol–water partition coefficient (Wildman–Crippen LogP) is -0.302. The molecule has 82 valence electrons. The van der Waals surface area contributed by atoms with Gasteiger partial charge in [0.1, 0.15) is 0 Å². The van der Waals surface area contributed by atoms with E-state index >= 15 is 0 Å². The van der Waals surface area contributed by atoms with E-state index < -0.39 is 31.7 Å². The molecule has 0 aromatic rings. The summed E-state index contributed by atoms with van der Waals surface area (Å²) in [7, 11) is 0. The molecule has 8 nitrogen and oxygen atoms in total. The Hall–Kier alpha value is -1.32. The summed E-state index contributed by atoms with van der Waals surface area (Å²) >= 11 is 2.95. The Bertz CT molecular complexity index is 389. The van der Waals surface area contributed by atoms with Crippen LogP contribution in [0.4, 0.5) is 0 Å². The van der Waals surface area contributed by atoms with Gasteiger partial charge in [-0.15, -0.1) is 0 Å². The number of nitrogens with two attached hydrogens (primary N) is 2. The molecular weight excluding hydrogens is 272 g/mol. The Balaban J connectivity index is 3.25. The van der Waals surface area contributed by atoms with Gasteiger partial charge in [-0.3, -0.25) is 20.2 Å². The molecule has 0 aromatic carbocycles. The maximum atomic E-state index is 10.6. The van der Waals surface area contributed by atoms with E-state index in [0.29, 0.717) is 0 Å². The van der Waals surface area contributed by atoms with Crippen molar-refractivity contribution in [3.05, 3.63) is 43.8 Å². The first-order chi connectivity index (χ1) is 6.76. The second kappa shape index (κ2) is 3.68. The van der Waals surface area contributed by atoms with Crippen LogP contribution in [0, 0.1) is 20.2 Å². The average molecular weight is 279 g/mol. The summed E-state index contributed by atoms with van der Waals surface area (Å²) in [6, 6.07) is 0. The van der Waals surface area contributed by atoms with Gasteiger partial charge in [-0.2, -0.15) is 0 Å². The molecule has 4 N–H and O–H groups in total. The molecule has 1 rings (SSSR count). The SMILES string of the molecule is NC1(N)C([N+](=O)[O-])=CC([N+](=O)[O-])=CC1Br. The minimum Gasteiger partial charge on any atom is -0.303 e. The van der Waals surface area contributed by atoms with Crippen molar-refractivity contribution < 1.29 is 9.85 Å². The summed E-state index contributed by atoms with van der Waals surface area (Å²) in [5.74, 6) is 0. The first kappa shape index (κ1) is 11.8. The van der Waals surface area contributed by atoms with E-state index in [1.807, 2.05) is 0 Å². The number of allylic oxidation sites excluding steroid dienone is 1. The molecule has 0 bridgehead atoms. The number of nitro groups is 2. The third kappa shape index (κ3) is 2.03. The maximum absolute atomic E-state index is 10.6. The summed E-state index contributed by atoms with van der Waals surface area (Å²) in [6.45, 7) is 0. The van der Waals surface area contributed by atoms with Crippen LogP contribution in [0.3, 0.4) is 0 Å². The van der Waals surface area contributed by atoms with Crippen LogP contribution >= 0.6 is 15.9 Å². The normalized spacial score (nSPS) is 24.1. The van der Waals surface area contributed by atoms with Crippen LogP contribution in [0.2, 0.25) is 0 Å². The fraction of sp³-hybridized carbons (Fsp3) is 0.333. The lowest BCUT2D eigenvalue weighted by atomic mass is 9.98. The second-order valence-corrected chi connectivity index (χ2v) is 3.96. The predicted molar refractivity (Wildman–Crippen MR) is 54.0 cm³/mol. The zero-order valence-electron chi connectivity index (χ0n) is 7.29. The highest BCUT2D eigenvalue weighted by Crippen LogP contribution is 2.28. The van der Waals surface area contributed by atoms with Crippen molar-refractivity contribution in [1.29, 1.82) is 0 Å². The highest BCUT2D eigenvalue weighted by Gasteiger charge is 2.45. The molecule has 0 amide bonds. The highest BCUT2D eigenvalue weighted by atomic mass is 79.9. The fourth-order valence-corrected chi connectivity index (χ4v) is 1.57. The Kier molecular flexibility index (Phi) is 2.88. The van der Waals surface area contributed by atoms with Crippen molar-refractivity contribution in [2.24, 2.45) is 11.5 Å². The maximum Gasteiger partial charge on any atom is 0.288 e. The van der Waals surface area contributed by atoms with Crippen molar-refractivity contribution in [3.63, 3.8) is 0 Å². The van der Waals surface area contributed by atoms with Gasteiger partial charge in [0.05, 0.1) is 20.7 Å². The first-order valence-corrected chi connectivity index (χ1v) is 4.63. The molecule has 0 saturated heterocycles. The molecule has 0 radical (unpaired) electrons. The summed E-state index contributed by atoms with van der Waals surface area (Å²) in [6.07, 6.45) is 1.88. The number of alkyl halides is 1. The Morgan fingerprint density at radius 3 is 2.27 bits per heavy atom. The van der Waals surface area contributed by atoms with Gasteiger partial charge in [0.25, 0.3) is 11.4 Å². The molecule has 0 aromatic heterocycles. The zero-order chi connectivity index (χ0) is 11.8. The minimum absolute atomic E-state index is 0.407. The zero-order valence-corrected chi connectivity index (χ0v) is 8.88. The van der Waals surface area contributed by atoms with Crippen molar-refractivity contribution >= 4 is 15.9 Å².